The molecule has 2 amide bonds. The Bertz CT molecular complexity index is 478. The SMILES string of the molecule is CCOC(=O)N1CCN(C(=O)c2ccc(CN)o2)CC1. The van der Waals surface area contributed by atoms with Crippen molar-refractivity contribution in [1.82, 2.24) is 9.80 Å². The van der Waals surface area contributed by atoms with E-state index in [1.165, 1.54) is 0 Å². The van der Waals surface area contributed by atoms with Crippen LogP contribution in [0.5, 0.6) is 0 Å². The van der Waals surface area contributed by atoms with Crippen LogP contribution in [-0.4, -0.2) is 54.6 Å². The molecule has 2 N–H and O–H groups in total. The van der Waals surface area contributed by atoms with Gasteiger partial charge in [0.2, 0.25) is 0 Å². The average Bonchev–Trinajstić information content (AvgIpc) is 2.96. The first-order valence-electron chi connectivity index (χ1n) is 6.65. The second kappa shape index (κ2) is 6.42. The van der Waals surface area contributed by atoms with Gasteiger partial charge in [-0.2, -0.15) is 0 Å². The van der Waals surface area contributed by atoms with Gasteiger partial charge < -0.3 is 24.7 Å². The molecule has 0 spiro atoms. The molecule has 0 aliphatic carbocycles. The van der Waals surface area contributed by atoms with Crippen molar-refractivity contribution in [3.8, 4) is 0 Å². The first-order chi connectivity index (χ1) is 9.65. The van der Waals surface area contributed by atoms with Crippen LogP contribution in [0.1, 0.15) is 23.2 Å². The molecule has 1 aromatic heterocycles. The summed E-state index contributed by atoms with van der Waals surface area (Å²) in [6, 6.07) is 3.32. The number of hydrogen-bond acceptors (Lipinski definition) is 5. The zero-order valence-corrected chi connectivity index (χ0v) is 11.5. The highest BCUT2D eigenvalue weighted by Crippen LogP contribution is 2.12. The van der Waals surface area contributed by atoms with Gasteiger partial charge in [0.15, 0.2) is 5.76 Å². The van der Waals surface area contributed by atoms with E-state index in [-0.39, 0.29) is 24.3 Å². The van der Waals surface area contributed by atoms with Crippen molar-refractivity contribution in [3.63, 3.8) is 0 Å². The maximum Gasteiger partial charge on any atom is 0.409 e. The Balaban J connectivity index is 1.90. The number of nitrogens with zero attached hydrogens (tertiary/aromatic N) is 2. The van der Waals surface area contributed by atoms with Crippen LogP contribution in [-0.2, 0) is 11.3 Å². The summed E-state index contributed by atoms with van der Waals surface area (Å²) in [5.41, 5.74) is 5.45. The fraction of sp³-hybridized carbons (Fsp3) is 0.538. The summed E-state index contributed by atoms with van der Waals surface area (Å²) in [4.78, 5) is 27.0. The summed E-state index contributed by atoms with van der Waals surface area (Å²) < 4.78 is 10.3. The number of hydrogen-bond donors (Lipinski definition) is 1. The molecule has 7 nitrogen and oxygen atoms in total. The number of ether oxygens (including phenoxy) is 1. The van der Waals surface area contributed by atoms with Crippen molar-refractivity contribution in [2.45, 2.75) is 13.5 Å². The van der Waals surface area contributed by atoms with Gasteiger partial charge in [0.25, 0.3) is 5.91 Å². The number of carbonyl (C=O) groups excluding carboxylic acids is 2. The van der Waals surface area contributed by atoms with Crippen LogP contribution in [0.25, 0.3) is 0 Å². The van der Waals surface area contributed by atoms with Gasteiger partial charge in [-0.05, 0) is 19.1 Å². The van der Waals surface area contributed by atoms with Gasteiger partial charge in [0, 0.05) is 26.2 Å². The van der Waals surface area contributed by atoms with Crippen LogP contribution in [0.4, 0.5) is 4.79 Å². The minimum atomic E-state index is -0.331. The lowest BCUT2D eigenvalue weighted by Crippen LogP contribution is -2.50. The zero-order chi connectivity index (χ0) is 14.5. The Morgan fingerprint density at radius 3 is 2.45 bits per heavy atom. The Kier molecular flexibility index (Phi) is 4.62. The molecule has 1 aliphatic rings. The number of carbonyl (C=O) groups is 2. The van der Waals surface area contributed by atoms with Gasteiger partial charge in [-0.25, -0.2) is 4.79 Å². The molecule has 1 fully saturated rings. The molecule has 1 aromatic rings. The third kappa shape index (κ3) is 3.11. The van der Waals surface area contributed by atoms with E-state index in [9.17, 15) is 9.59 Å². The molecule has 2 rings (SSSR count). The Hall–Kier alpha value is -2.02. The molecular weight excluding hydrogens is 262 g/mol. The first kappa shape index (κ1) is 14.4. The molecule has 2 heterocycles. The standard InChI is InChI=1S/C13H19N3O4/c1-2-19-13(18)16-7-5-15(6-8-16)12(17)11-4-3-10(9-14)20-11/h3-4H,2,5-9,14H2,1H3. The van der Waals surface area contributed by atoms with E-state index in [2.05, 4.69) is 0 Å². The predicted molar refractivity (Wildman–Crippen MR) is 71.1 cm³/mol. The molecule has 110 valence electrons. The quantitative estimate of drug-likeness (QED) is 0.878. The van der Waals surface area contributed by atoms with Crippen LogP contribution >= 0.6 is 0 Å². The first-order valence-corrected chi connectivity index (χ1v) is 6.65. The maximum atomic E-state index is 12.2. The number of amides is 2. The van der Waals surface area contributed by atoms with E-state index < -0.39 is 0 Å². The third-order valence-electron chi connectivity index (χ3n) is 3.17. The van der Waals surface area contributed by atoms with E-state index in [1.54, 1.807) is 28.9 Å². The minimum Gasteiger partial charge on any atom is -0.455 e. The molecule has 0 radical (unpaired) electrons. The fourth-order valence-electron chi connectivity index (χ4n) is 2.07. The topological polar surface area (TPSA) is 89.0 Å². The van der Waals surface area contributed by atoms with Crippen LogP contribution in [0.15, 0.2) is 16.5 Å². The number of piperazine rings is 1. The zero-order valence-electron chi connectivity index (χ0n) is 11.5. The molecule has 0 atom stereocenters. The van der Waals surface area contributed by atoms with Gasteiger partial charge in [-0.3, -0.25) is 4.79 Å². The van der Waals surface area contributed by atoms with Crippen LogP contribution in [0.2, 0.25) is 0 Å². The van der Waals surface area contributed by atoms with Gasteiger partial charge in [-0.15, -0.1) is 0 Å². The molecule has 20 heavy (non-hydrogen) atoms. The van der Waals surface area contributed by atoms with E-state index in [1.807, 2.05) is 0 Å². The van der Waals surface area contributed by atoms with Crippen molar-refractivity contribution in [2.75, 3.05) is 32.8 Å². The predicted octanol–water partition coefficient (Wildman–Crippen LogP) is 0.653. The van der Waals surface area contributed by atoms with E-state index in [4.69, 9.17) is 14.9 Å². The highest BCUT2D eigenvalue weighted by Gasteiger charge is 2.26. The molecule has 7 heteroatoms. The number of rotatable bonds is 3. The highest BCUT2D eigenvalue weighted by atomic mass is 16.6. The van der Waals surface area contributed by atoms with Crippen LogP contribution in [0, 0.1) is 0 Å². The molecule has 0 unspecified atom stereocenters. The van der Waals surface area contributed by atoms with Crippen LogP contribution < -0.4 is 5.73 Å². The monoisotopic (exact) mass is 281 g/mol. The van der Waals surface area contributed by atoms with Crippen molar-refractivity contribution >= 4 is 12.0 Å². The van der Waals surface area contributed by atoms with Crippen molar-refractivity contribution in [3.05, 3.63) is 23.7 Å². The van der Waals surface area contributed by atoms with Crippen LogP contribution in [0.3, 0.4) is 0 Å². The van der Waals surface area contributed by atoms with Crippen molar-refractivity contribution < 1.29 is 18.7 Å². The Labute approximate surface area is 117 Å². The summed E-state index contributed by atoms with van der Waals surface area (Å²) in [6.07, 6.45) is -0.331. The molecular formula is C13H19N3O4. The minimum absolute atomic E-state index is 0.173. The van der Waals surface area contributed by atoms with Gasteiger partial charge in [-0.1, -0.05) is 0 Å². The highest BCUT2D eigenvalue weighted by molar-refractivity contribution is 5.91. The lowest BCUT2D eigenvalue weighted by molar-refractivity contribution is 0.0545. The normalized spacial score (nSPS) is 15.3. The van der Waals surface area contributed by atoms with E-state index in [0.717, 1.165) is 0 Å². The smallest absolute Gasteiger partial charge is 0.409 e. The number of nitrogens with two attached hydrogens (primary N) is 1. The third-order valence-corrected chi connectivity index (χ3v) is 3.17. The second-order valence-electron chi connectivity index (χ2n) is 4.45. The van der Waals surface area contributed by atoms with E-state index >= 15 is 0 Å². The summed E-state index contributed by atoms with van der Waals surface area (Å²) >= 11 is 0. The lowest BCUT2D eigenvalue weighted by atomic mass is 10.3. The maximum absolute atomic E-state index is 12.2. The summed E-state index contributed by atoms with van der Waals surface area (Å²) in [7, 11) is 0. The molecule has 1 aliphatic heterocycles. The lowest BCUT2D eigenvalue weighted by Gasteiger charge is -2.33. The van der Waals surface area contributed by atoms with Gasteiger partial charge >= 0.3 is 6.09 Å². The molecule has 1 saturated heterocycles. The fourth-order valence-corrected chi connectivity index (χ4v) is 2.07. The van der Waals surface area contributed by atoms with Gasteiger partial charge in [0.05, 0.1) is 13.2 Å². The molecule has 0 aromatic carbocycles. The summed E-state index contributed by atoms with van der Waals surface area (Å²) in [5.74, 6) is 0.696. The van der Waals surface area contributed by atoms with Crippen molar-refractivity contribution in [2.24, 2.45) is 5.73 Å². The largest absolute Gasteiger partial charge is 0.455 e. The average molecular weight is 281 g/mol. The summed E-state index contributed by atoms with van der Waals surface area (Å²) in [6.45, 7) is 4.26. The molecule has 0 saturated carbocycles. The van der Waals surface area contributed by atoms with Gasteiger partial charge in [0.1, 0.15) is 5.76 Å². The second-order valence-corrected chi connectivity index (χ2v) is 4.45. The Morgan fingerprint density at radius 2 is 1.90 bits per heavy atom. The molecule has 0 bridgehead atoms. The Morgan fingerprint density at radius 1 is 1.25 bits per heavy atom. The van der Waals surface area contributed by atoms with Crippen molar-refractivity contribution in [1.29, 1.82) is 0 Å². The summed E-state index contributed by atoms with van der Waals surface area (Å²) in [5, 5.41) is 0. The van der Waals surface area contributed by atoms with E-state index in [0.29, 0.717) is 38.5 Å². The number of furan rings is 1.